The molecule has 1 aliphatic rings. The summed E-state index contributed by atoms with van der Waals surface area (Å²) in [5.41, 5.74) is 1.90. The van der Waals surface area contributed by atoms with E-state index in [-0.39, 0.29) is 10.8 Å². The molecule has 4 N–H and O–H groups in total. The zero-order valence-electron chi connectivity index (χ0n) is 8.83. The molecule has 1 aliphatic heterocycles. The van der Waals surface area contributed by atoms with Crippen LogP contribution in [0.25, 0.3) is 0 Å². The summed E-state index contributed by atoms with van der Waals surface area (Å²) in [5, 5.41) is 30.6. The Hall–Kier alpha value is -2.08. The number of nitrogens with zero attached hydrogens (tertiary/aromatic N) is 1. The van der Waals surface area contributed by atoms with Crippen molar-refractivity contribution in [3.63, 3.8) is 0 Å². The Balaban J connectivity index is 2.25. The maximum atomic E-state index is 10.1. The number of phenolic OH excluding ortho intramolecular Hbond substituents is 1. The van der Waals surface area contributed by atoms with Gasteiger partial charge in [0.15, 0.2) is 11.4 Å². The molecule has 0 radical (unpaired) electrons. The van der Waals surface area contributed by atoms with Crippen LogP contribution in [-0.4, -0.2) is 15.5 Å². The Morgan fingerprint density at radius 1 is 0.941 bits per heavy atom. The fourth-order valence-electron chi connectivity index (χ4n) is 2.03. The average Bonchev–Trinajstić information content (AvgIpc) is 2.36. The molecule has 0 saturated heterocycles. The van der Waals surface area contributed by atoms with Gasteiger partial charge in [-0.25, -0.2) is 10.3 Å². The molecular weight excluding hydrogens is 220 g/mol. The average molecular weight is 231 g/mol. The third-order valence-electron chi connectivity index (χ3n) is 2.85. The number of quaternary nitrogens is 1. The van der Waals surface area contributed by atoms with Crippen molar-refractivity contribution < 1.29 is 20.6 Å². The van der Waals surface area contributed by atoms with E-state index in [2.05, 4.69) is 0 Å². The van der Waals surface area contributed by atoms with Crippen molar-refractivity contribution in [3.05, 3.63) is 42.5 Å². The van der Waals surface area contributed by atoms with Crippen molar-refractivity contribution in [3.8, 4) is 5.75 Å². The molecule has 2 aromatic rings. The van der Waals surface area contributed by atoms with Crippen molar-refractivity contribution >= 4 is 22.7 Å². The number of rotatable bonds is 0. The van der Waals surface area contributed by atoms with E-state index in [9.17, 15) is 15.5 Å². The van der Waals surface area contributed by atoms with Crippen molar-refractivity contribution in [2.24, 2.45) is 0 Å². The summed E-state index contributed by atoms with van der Waals surface area (Å²) in [6.07, 6.45) is 0. The Labute approximate surface area is 97.3 Å². The number of nitrogens with one attached hydrogen (secondary N) is 1. The van der Waals surface area contributed by atoms with E-state index in [4.69, 9.17) is 0 Å². The molecule has 0 aromatic heterocycles. The summed E-state index contributed by atoms with van der Waals surface area (Å²) in [7, 11) is 0. The molecular formula is C12H11N2O3+. The largest absolute Gasteiger partial charge is 0.508 e. The fraction of sp³-hybridized carbons (Fsp3) is 0. The highest BCUT2D eigenvalue weighted by Gasteiger charge is 2.32. The zero-order chi connectivity index (χ0) is 12.0. The van der Waals surface area contributed by atoms with E-state index < -0.39 is 0 Å². The number of hydrogen-bond donors (Lipinski definition) is 4. The monoisotopic (exact) mass is 231 g/mol. The molecule has 0 fully saturated rings. The highest BCUT2D eigenvalue weighted by Crippen LogP contribution is 2.38. The van der Waals surface area contributed by atoms with E-state index in [1.807, 2.05) is 0 Å². The summed E-state index contributed by atoms with van der Waals surface area (Å²) < 4.78 is 0. The van der Waals surface area contributed by atoms with Gasteiger partial charge in [0.25, 0.3) is 0 Å². The second kappa shape index (κ2) is 3.46. The highest BCUT2D eigenvalue weighted by molar-refractivity contribution is 5.79. The maximum absolute atomic E-state index is 10.1. The molecule has 0 amide bonds. The van der Waals surface area contributed by atoms with Crippen molar-refractivity contribution in [1.82, 2.24) is 0 Å². The summed E-state index contributed by atoms with van der Waals surface area (Å²) in [6, 6.07) is 11.4. The summed E-state index contributed by atoms with van der Waals surface area (Å²) >= 11 is 0. The Morgan fingerprint density at radius 2 is 1.65 bits per heavy atom. The number of para-hydroxylation sites is 2. The van der Waals surface area contributed by atoms with E-state index in [1.54, 1.807) is 30.3 Å². The lowest BCUT2D eigenvalue weighted by molar-refractivity contribution is -0.978. The van der Waals surface area contributed by atoms with Gasteiger partial charge in [-0.3, -0.25) is 5.21 Å². The molecule has 0 spiro atoms. The van der Waals surface area contributed by atoms with E-state index in [0.717, 1.165) is 5.06 Å². The van der Waals surface area contributed by atoms with Crippen molar-refractivity contribution in [2.45, 2.75) is 0 Å². The number of hydrogen-bond acceptors (Lipinski definition) is 4. The number of benzene rings is 2. The second-order valence-electron chi connectivity index (χ2n) is 3.88. The Kier molecular flexibility index (Phi) is 2.05. The number of phenols is 1. The predicted molar refractivity (Wildman–Crippen MR) is 60.5 cm³/mol. The summed E-state index contributed by atoms with van der Waals surface area (Å²) in [4.78, 5) is 0. The van der Waals surface area contributed by atoms with Crippen LogP contribution in [0, 0.1) is 0 Å². The van der Waals surface area contributed by atoms with Crippen LogP contribution < -0.4 is 10.1 Å². The van der Waals surface area contributed by atoms with E-state index >= 15 is 0 Å². The molecule has 3 rings (SSSR count). The molecule has 1 heterocycles. The van der Waals surface area contributed by atoms with Crippen LogP contribution in [0.2, 0.25) is 0 Å². The highest BCUT2D eigenvalue weighted by atomic mass is 16.5. The van der Waals surface area contributed by atoms with Gasteiger partial charge in [-0.15, -0.1) is 5.06 Å². The molecule has 0 aliphatic carbocycles. The van der Waals surface area contributed by atoms with Gasteiger partial charge in [-0.2, -0.15) is 0 Å². The standard InChI is InChI=1S/C12H10N2O3/c15-8-5-6-11-12(7-8)14(17)10-4-2-1-3-9(10)13(11)16/h1-7,15-17H/p+1. The first-order chi connectivity index (χ1) is 8.18. The van der Waals surface area contributed by atoms with Crippen molar-refractivity contribution in [2.75, 3.05) is 5.06 Å². The topological polar surface area (TPSA) is 68.4 Å². The fourth-order valence-corrected chi connectivity index (χ4v) is 2.03. The lowest BCUT2D eigenvalue weighted by Crippen LogP contribution is -3.00. The van der Waals surface area contributed by atoms with Crippen LogP contribution in [0.15, 0.2) is 42.5 Å². The normalized spacial score (nSPS) is 17.5. The minimum atomic E-state index is 0.0370. The molecule has 0 bridgehead atoms. The first-order valence-corrected chi connectivity index (χ1v) is 5.16. The van der Waals surface area contributed by atoms with Crippen LogP contribution in [0.1, 0.15) is 0 Å². The summed E-state index contributed by atoms with van der Waals surface area (Å²) in [5.74, 6) is 0.0370. The van der Waals surface area contributed by atoms with Gasteiger partial charge >= 0.3 is 0 Å². The molecule has 0 saturated carbocycles. The third kappa shape index (κ3) is 1.38. The van der Waals surface area contributed by atoms with E-state index in [1.165, 1.54) is 12.1 Å². The van der Waals surface area contributed by atoms with Crippen LogP contribution in [0.4, 0.5) is 22.7 Å². The van der Waals surface area contributed by atoms with Gasteiger partial charge in [0.1, 0.15) is 17.1 Å². The minimum absolute atomic E-state index is 0.0370. The maximum Gasteiger partial charge on any atom is 0.195 e. The van der Waals surface area contributed by atoms with Crippen LogP contribution in [0.5, 0.6) is 5.75 Å². The number of fused-ring (bicyclic) bond motifs is 2. The molecule has 17 heavy (non-hydrogen) atoms. The lowest BCUT2D eigenvalue weighted by Gasteiger charge is -2.27. The van der Waals surface area contributed by atoms with Crippen LogP contribution in [0.3, 0.4) is 0 Å². The first-order valence-electron chi connectivity index (χ1n) is 5.16. The quantitative estimate of drug-likeness (QED) is 0.518. The van der Waals surface area contributed by atoms with Gasteiger partial charge < -0.3 is 5.11 Å². The smallest absolute Gasteiger partial charge is 0.195 e. The van der Waals surface area contributed by atoms with E-state index in [0.29, 0.717) is 22.7 Å². The van der Waals surface area contributed by atoms with Gasteiger partial charge in [-0.1, -0.05) is 12.1 Å². The second-order valence-corrected chi connectivity index (χ2v) is 3.88. The zero-order valence-corrected chi connectivity index (χ0v) is 8.83. The number of aromatic hydroxyl groups is 1. The molecule has 1 atom stereocenters. The summed E-state index contributed by atoms with van der Waals surface area (Å²) in [6.45, 7) is 0. The van der Waals surface area contributed by atoms with Gasteiger partial charge in [-0.05, 0) is 12.1 Å². The third-order valence-corrected chi connectivity index (χ3v) is 2.85. The molecule has 86 valence electrons. The van der Waals surface area contributed by atoms with Crippen LogP contribution in [-0.2, 0) is 0 Å². The number of anilines is 2. The Bertz CT molecular complexity index is 586. The molecule has 5 heteroatoms. The first kappa shape index (κ1) is 10.1. The van der Waals surface area contributed by atoms with Gasteiger partial charge in [0.2, 0.25) is 0 Å². The Morgan fingerprint density at radius 3 is 2.47 bits per heavy atom. The minimum Gasteiger partial charge on any atom is -0.508 e. The lowest BCUT2D eigenvalue weighted by atomic mass is 10.1. The van der Waals surface area contributed by atoms with Gasteiger partial charge in [0.05, 0.1) is 0 Å². The van der Waals surface area contributed by atoms with Gasteiger partial charge in [0, 0.05) is 18.2 Å². The van der Waals surface area contributed by atoms with Crippen LogP contribution >= 0.6 is 0 Å². The van der Waals surface area contributed by atoms with Crippen molar-refractivity contribution in [1.29, 1.82) is 0 Å². The SMILES string of the molecule is Oc1ccc2c(c1)N(O)c1ccccc1[NH+]2O. The molecule has 1 unspecified atom stereocenters. The predicted octanol–water partition coefficient (Wildman–Crippen LogP) is 1.47. The molecule has 2 aromatic carbocycles. The molecule has 5 nitrogen and oxygen atoms in total.